The highest BCUT2D eigenvalue weighted by molar-refractivity contribution is 5.80. The smallest absolute Gasteiger partial charge is 0.239 e. The number of carbonyl (C=O) groups excluding carboxylic acids is 1. The summed E-state index contributed by atoms with van der Waals surface area (Å²) in [5.74, 6) is 1.15. The Balaban J connectivity index is 1.73. The van der Waals surface area contributed by atoms with E-state index in [4.69, 9.17) is 4.52 Å². The summed E-state index contributed by atoms with van der Waals surface area (Å²) in [5, 5.41) is 9.38. The van der Waals surface area contributed by atoms with E-state index < -0.39 is 0 Å². The van der Waals surface area contributed by atoms with Gasteiger partial charge in [0.2, 0.25) is 5.91 Å². The van der Waals surface area contributed by atoms with Gasteiger partial charge in [0.25, 0.3) is 0 Å². The molecule has 2 N–H and O–H groups in total. The predicted molar refractivity (Wildman–Crippen MR) is 65.8 cm³/mol. The molecule has 1 amide bonds. The Morgan fingerprint density at radius 3 is 3.06 bits per heavy atom. The highest BCUT2D eigenvalue weighted by Crippen LogP contribution is 2.05. The minimum Gasteiger partial charge on any atom is -0.360 e. The molecule has 94 valence electrons. The van der Waals surface area contributed by atoms with E-state index in [1.807, 2.05) is 12.1 Å². The van der Waals surface area contributed by atoms with Gasteiger partial charge in [-0.2, -0.15) is 0 Å². The molecule has 6 nitrogen and oxygen atoms in total. The van der Waals surface area contributed by atoms with Crippen molar-refractivity contribution in [2.24, 2.45) is 0 Å². The first kappa shape index (κ1) is 12.1. The lowest BCUT2D eigenvalue weighted by Crippen LogP contribution is -2.29. The molecule has 0 aliphatic rings. The van der Waals surface area contributed by atoms with Gasteiger partial charge in [-0.3, -0.25) is 9.78 Å². The van der Waals surface area contributed by atoms with Gasteiger partial charge in [-0.25, -0.2) is 0 Å². The lowest BCUT2D eigenvalue weighted by atomic mass is 10.3. The number of nitrogens with one attached hydrogen (secondary N) is 2. The average molecular weight is 246 g/mol. The molecule has 0 bridgehead atoms. The van der Waals surface area contributed by atoms with Crippen molar-refractivity contribution in [2.45, 2.75) is 13.5 Å². The molecule has 0 fully saturated rings. The number of hydrogen-bond donors (Lipinski definition) is 2. The first-order chi connectivity index (χ1) is 8.74. The molecule has 2 aromatic rings. The Hall–Kier alpha value is -2.37. The van der Waals surface area contributed by atoms with Crippen molar-refractivity contribution in [3.63, 3.8) is 0 Å². The Bertz CT molecular complexity index is 510. The number of aryl methyl sites for hydroxylation is 1. The van der Waals surface area contributed by atoms with Crippen LogP contribution in [0.2, 0.25) is 0 Å². The molecule has 2 rings (SSSR count). The monoisotopic (exact) mass is 246 g/mol. The van der Waals surface area contributed by atoms with Gasteiger partial charge < -0.3 is 15.2 Å². The first-order valence-corrected chi connectivity index (χ1v) is 5.57. The summed E-state index contributed by atoms with van der Waals surface area (Å²) in [4.78, 5) is 15.5. The summed E-state index contributed by atoms with van der Waals surface area (Å²) in [7, 11) is 0. The van der Waals surface area contributed by atoms with E-state index in [2.05, 4.69) is 20.8 Å². The van der Waals surface area contributed by atoms with Crippen molar-refractivity contribution in [1.29, 1.82) is 0 Å². The normalized spacial score (nSPS) is 10.1. The van der Waals surface area contributed by atoms with Crippen LogP contribution in [0.1, 0.15) is 11.3 Å². The molecule has 0 atom stereocenters. The SMILES string of the molecule is Cc1cc(NCC(=O)NCc2cccnc2)no1. The average Bonchev–Trinajstić information content (AvgIpc) is 2.81. The summed E-state index contributed by atoms with van der Waals surface area (Å²) in [6.07, 6.45) is 3.41. The van der Waals surface area contributed by atoms with E-state index in [0.717, 1.165) is 5.56 Å². The second-order valence-corrected chi connectivity index (χ2v) is 3.81. The van der Waals surface area contributed by atoms with Crippen LogP contribution in [0.4, 0.5) is 5.82 Å². The van der Waals surface area contributed by atoms with Crippen LogP contribution < -0.4 is 10.6 Å². The molecule has 2 aromatic heterocycles. The van der Waals surface area contributed by atoms with Gasteiger partial charge in [0.1, 0.15) is 5.76 Å². The van der Waals surface area contributed by atoms with Crippen molar-refractivity contribution in [1.82, 2.24) is 15.5 Å². The third kappa shape index (κ3) is 3.58. The largest absolute Gasteiger partial charge is 0.360 e. The van der Waals surface area contributed by atoms with E-state index in [0.29, 0.717) is 18.1 Å². The second-order valence-electron chi connectivity index (χ2n) is 3.81. The van der Waals surface area contributed by atoms with Crippen LogP contribution in [-0.4, -0.2) is 22.6 Å². The number of anilines is 1. The zero-order valence-electron chi connectivity index (χ0n) is 10.0. The molecule has 0 saturated heterocycles. The van der Waals surface area contributed by atoms with Gasteiger partial charge in [0.05, 0.1) is 6.54 Å². The Kier molecular flexibility index (Phi) is 3.90. The van der Waals surface area contributed by atoms with Gasteiger partial charge in [-0.15, -0.1) is 0 Å². The quantitative estimate of drug-likeness (QED) is 0.826. The maximum absolute atomic E-state index is 11.5. The lowest BCUT2D eigenvalue weighted by Gasteiger charge is -2.05. The Morgan fingerprint density at radius 1 is 1.50 bits per heavy atom. The topological polar surface area (TPSA) is 80.0 Å². The van der Waals surface area contributed by atoms with Crippen molar-refractivity contribution in [3.8, 4) is 0 Å². The molecular formula is C12H14N4O2. The maximum atomic E-state index is 11.5. The fourth-order valence-electron chi connectivity index (χ4n) is 1.39. The number of carbonyl (C=O) groups is 1. The van der Waals surface area contributed by atoms with Crippen molar-refractivity contribution in [3.05, 3.63) is 41.9 Å². The Labute approximate surface area is 104 Å². The van der Waals surface area contributed by atoms with Gasteiger partial charge >= 0.3 is 0 Å². The number of hydrogen-bond acceptors (Lipinski definition) is 5. The van der Waals surface area contributed by atoms with Crippen LogP contribution in [0.15, 0.2) is 35.1 Å². The lowest BCUT2D eigenvalue weighted by molar-refractivity contribution is -0.119. The third-order valence-electron chi connectivity index (χ3n) is 2.27. The molecule has 18 heavy (non-hydrogen) atoms. The summed E-state index contributed by atoms with van der Waals surface area (Å²) in [5.41, 5.74) is 0.961. The molecule has 0 unspecified atom stereocenters. The molecule has 0 aliphatic heterocycles. The van der Waals surface area contributed by atoms with E-state index in [1.54, 1.807) is 25.4 Å². The molecule has 0 aliphatic carbocycles. The minimum absolute atomic E-state index is 0.112. The fourth-order valence-corrected chi connectivity index (χ4v) is 1.39. The van der Waals surface area contributed by atoms with Crippen LogP contribution in [0.3, 0.4) is 0 Å². The predicted octanol–water partition coefficient (Wildman–Crippen LogP) is 1.11. The molecule has 6 heteroatoms. The van der Waals surface area contributed by atoms with E-state index in [-0.39, 0.29) is 12.5 Å². The van der Waals surface area contributed by atoms with Crippen molar-refractivity contribution >= 4 is 11.7 Å². The van der Waals surface area contributed by atoms with Gasteiger partial charge in [0, 0.05) is 25.0 Å². The highest BCUT2D eigenvalue weighted by Gasteiger charge is 2.03. The zero-order chi connectivity index (χ0) is 12.8. The zero-order valence-corrected chi connectivity index (χ0v) is 10.0. The number of pyridine rings is 1. The molecule has 0 saturated carbocycles. The van der Waals surface area contributed by atoms with Crippen LogP contribution in [0, 0.1) is 6.92 Å². The van der Waals surface area contributed by atoms with Crippen LogP contribution in [0.5, 0.6) is 0 Å². The molecule has 0 aromatic carbocycles. The first-order valence-electron chi connectivity index (χ1n) is 5.57. The number of amides is 1. The molecule has 0 radical (unpaired) electrons. The highest BCUT2D eigenvalue weighted by atomic mass is 16.5. The van der Waals surface area contributed by atoms with E-state index in [9.17, 15) is 4.79 Å². The molecule has 0 spiro atoms. The standard InChI is InChI=1S/C12H14N4O2/c1-9-5-11(16-18-9)14-8-12(17)15-7-10-3-2-4-13-6-10/h2-6H,7-8H2,1H3,(H,14,16)(H,15,17). The van der Waals surface area contributed by atoms with Gasteiger partial charge in [0.15, 0.2) is 5.82 Å². The summed E-state index contributed by atoms with van der Waals surface area (Å²) in [6.45, 7) is 2.42. The molecular weight excluding hydrogens is 232 g/mol. The van der Waals surface area contributed by atoms with E-state index >= 15 is 0 Å². The van der Waals surface area contributed by atoms with Crippen LogP contribution >= 0.6 is 0 Å². The van der Waals surface area contributed by atoms with Gasteiger partial charge in [-0.05, 0) is 18.6 Å². The summed E-state index contributed by atoms with van der Waals surface area (Å²) in [6, 6.07) is 5.47. The minimum atomic E-state index is -0.112. The number of rotatable bonds is 5. The van der Waals surface area contributed by atoms with Gasteiger partial charge in [-0.1, -0.05) is 11.2 Å². The second kappa shape index (κ2) is 5.81. The maximum Gasteiger partial charge on any atom is 0.239 e. The van der Waals surface area contributed by atoms with Crippen LogP contribution in [-0.2, 0) is 11.3 Å². The summed E-state index contributed by atoms with van der Waals surface area (Å²) < 4.78 is 4.87. The van der Waals surface area contributed by atoms with E-state index in [1.165, 1.54) is 0 Å². The Morgan fingerprint density at radius 2 is 2.39 bits per heavy atom. The molecule has 2 heterocycles. The fraction of sp³-hybridized carbons (Fsp3) is 0.250. The number of nitrogens with zero attached hydrogens (tertiary/aromatic N) is 2. The van der Waals surface area contributed by atoms with Crippen LogP contribution in [0.25, 0.3) is 0 Å². The van der Waals surface area contributed by atoms with Crippen molar-refractivity contribution in [2.75, 3.05) is 11.9 Å². The summed E-state index contributed by atoms with van der Waals surface area (Å²) >= 11 is 0. The number of aromatic nitrogens is 2. The van der Waals surface area contributed by atoms with Crippen molar-refractivity contribution < 1.29 is 9.32 Å². The third-order valence-corrected chi connectivity index (χ3v) is 2.27.